The van der Waals surface area contributed by atoms with Crippen LogP contribution in [-0.2, 0) is 9.47 Å². The third-order valence-electron chi connectivity index (χ3n) is 3.72. The van der Waals surface area contributed by atoms with Gasteiger partial charge in [-0.1, -0.05) is 29.0 Å². The maximum absolute atomic E-state index is 12.2. The number of fused-ring (bicyclic) bond motifs is 1. The lowest BCUT2D eigenvalue weighted by Gasteiger charge is -2.08. The normalized spacial score (nSPS) is 10.6. The van der Waals surface area contributed by atoms with Crippen LogP contribution in [0, 0.1) is 6.92 Å². The van der Waals surface area contributed by atoms with Gasteiger partial charge in [-0.3, -0.25) is 0 Å². The molecule has 7 nitrogen and oxygen atoms in total. The van der Waals surface area contributed by atoms with Crippen molar-refractivity contribution in [2.24, 2.45) is 0 Å². The van der Waals surface area contributed by atoms with Crippen molar-refractivity contribution < 1.29 is 19.1 Å². The molecule has 0 spiro atoms. The molecule has 2 heterocycles. The lowest BCUT2D eigenvalue weighted by Crippen LogP contribution is -2.20. The Morgan fingerprint density at radius 3 is 2.50 bits per heavy atom. The number of rotatable bonds is 4. The van der Waals surface area contributed by atoms with Crippen LogP contribution < -0.4 is 10.6 Å². The van der Waals surface area contributed by atoms with E-state index in [1.165, 1.54) is 25.6 Å². The van der Waals surface area contributed by atoms with Crippen LogP contribution in [0.25, 0.3) is 10.2 Å². The van der Waals surface area contributed by atoms with E-state index in [0.717, 1.165) is 16.0 Å². The van der Waals surface area contributed by atoms with Gasteiger partial charge in [0.05, 0.1) is 29.5 Å². The average Bonchev–Trinajstić information content (AvgIpc) is 3.22. The molecular weight excluding hydrogens is 442 g/mol. The van der Waals surface area contributed by atoms with Crippen molar-refractivity contribution in [2.75, 3.05) is 24.9 Å². The van der Waals surface area contributed by atoms with Gasteiger partial charge in [-0.05, 0) is 36.8 Å². The Morgan fingerprint density at radius 1 is 1.14 bits per heavy atom. The number of thiazole rings is 1. The van der Waals surface area contributed by atoms with Gasteiger partial charge in [-0.15, -0.1) is 11.3 Å². The molecule has 0 radical (unpaired) electrons. The van der Waals surface area contributed by atoms with Gasteiger partial charge in [0.15, 0.2) is 10.2 Å². The summed E-state index contributed by atoms with van der Waals surface area (Å²) in [6, 6.07) is 5.51. The fourth-order valence-electron chi connectivity index (χ4n) is 2.44. The maximum Gasteiger partial charge on any atom is 0.348 e. The number of thiocarbonyl (C=S) groups is 1. The summed E-state index contributed by atoms with van der Waals surface area (Å²) in [5.74, 6) is -1.12. The first-order chi connectivity index (χ1) is 13.3. The molecule has 2 aromatic heterocycles. The number of hydrogen-bond donors (Lipinski definition) is 2. The molecule has 0 aliphatic heterocycles. The topological polar surface area (TPSA) is 89.5 Å². The summed E-state index contributed by atoms with van der Waals surface area (Å²) in [7, 11) is 2.54. The number of benzene rings is 1. The number of ether oxygens (including phenoxy) is 2. The number of methoxy groups -OCH3 is 2. The smallest absolute Gasteiger partial charge is 0.348 e. The van der Waals surface area contributed by atoms with Crippen LogP contribution in [0.5, 0.6) is 0 Å². The average molecular weight is 456 g/mol. The third-order valence-corrected chi connectivity index (χ3v) is 6.36. The summed E-state index contributed by atoms with van der Waals surface area (Å²) in [4.78, 5) is 28.8. The van der Waals surface area contributed by atoms with Gasteiger partial charge in [0.1, 0.15) is 15.4 Å². The molecule has 146 valence electrons. The SMILES string of the molecule is COC(=O)c1sc(NC(=S)Nc2nc3c(Cl)cccc3s2)c(C(=O)OC)c1C. The number of aromatic nitrogens is 1. The molecule has 2 N–H and O–H groups in total. The van der Waals surface area contributed by atoms with Crippen LogP contribution >= 0.6 is 46.5 Å². The summed E-state index contributed by atoms with van der Waals surface area (Å²) in [6.07, 6.45) is 0. The molecule has 11 heteroatoms. The van der Waals surface area contributed by atoms with E-state index < -0.39 is 11.9 Å². The third kappa shape index (κ3) is 3.95. The molecule has 3 rings (SSSR count). The molecule has 0 bridgehead atoms. The van der Waals surface area contributed by atoms with Crippen LogP contribution in [0.15, 0.2) is 18.2 Å². The van der Waals surface area contributed by atoms with E-state index in [-0.39, 0.29) is 10.7 Å². The van der Waals surface area contributed by atoms with Gasteiger partial charge >= 0.3 is 11.9 Å². The van der Waals surface area contributed by atoms with E-state index >= 15 is 0 Å². The quantitative estimate of drug-likeness (QED) is 0.432. The highest BCUT2D eigenvalue weighted by Crippen LogP contribution is 2.35. The zero-order valence-electron chi connectivity index (χ0n) is 14.9. The number of halogens is 1. The summed E-state index contributed by atoms with van der Waals surface area (Å²) < 4.78 is 10.5. The second kappa shape index (κ2) is 8.39. The number of hydrogen-bond acceptors (Lipinski definition) is 8. The molecule has 0 atom stereocenters. The number of para-hydroxylation sites is 1. The van der Waals surface area contributed by atoms with Crippen LogP contribution in [0.4, 0.5) is 10.1 Å². The second-order valence-electron chi connectivity index (χ2n) is 5.43. The number of carbonyl (C=O) groups is 2. The van der Waals surface area contributed by atoms with E-state index in [4.69, 9.17) is 33.3 Å². The van der Waals surface area contributed by atoms with Crippen molar-refractivity contribution >= 4 is 83.9 Å². The standard InChI is InChI=1S/C17H14ClN3O4S3/c1-7-10(14(22)24-2)13(28-12(7)15(23)25-3)20-16(26)21-17-19-11-8(18)5-4-6-9(11)27-17/h4-6H,1-3H3,(H2,19,20,21,26). The largest absolute Gasteiger partial charge is 0.465 e. The van der Waals surface area contributed by atoms with Crippen molar-refractivity contribution in [1.82, 2.24) is 4.98 Å². The van der Waals surface area contributed by atoms with Crippen LogP contribution in [0.3, 0.4) is 0 Å². The molecule has 0 unspecified atom stereocenters. The van der Waals surface area contributed by atoms with E-state index in [2.05, 4.69) is 15.6 Å². The van der Waals surface area contributed by atoms with Gasteiger partial charge in [0, 0.05) is 0 Å². The van der Waals surface area contributed by atoms with Crippen LogP contribution in [0.2, 0.25) is 5.02 Å². The number of anilines is 2. The predicted octanol–water partition coefficient (Wildman–Crippen LogP) is 4.70. The van der Waals surface area contributed by atoms with Crippen molar-refractivity contribution in [3.63, 3.8) is 0 Å². The highest BCUT2D eigenvalue weighted by molar-refractivity contribution is 7.80. The maximum atomic E-state index is 12.2. The Morgan fingerprint density at radius 2 is 1.86 bits per heavy atom. The van der Waals surface area contributed by atoms with Gasteiger partial charge in [-0.25, -0.2) is 14.6 Å². The van der Waals surface area contributed by atoms with Crippen molar-refractivity contribution in [2.45, 2.75) is 6.92 Å². The first-order valence-electron chi connectivity index (χ1n) is 7.78. The molecule has 3 aromatic rings. The molecule has 0 saturated carbocycles. The minimum absolute atomic E-state index is 0.206. The van der Waals surface area contributed by atoms with Crippen LogP contribution in [-0.4, -0.2) is 36.3 Å². The van der Waals surface area contributed by atoms with Gasteiger partial charge < -0.3 is 20.1 Å². The molecule has 0 aliphatic rings. The predicted molar refractivity (Wildman–Crippen MR) is 116 cm³/mol. The Kier molecular flexibility index (Phi) is 6.14. The van der Waals surface area contributed by atoms with Gasteiger partial charge in [0.25, 0.3) is 0 Å². The minimum atomic E-state index is -0.582. The Labute approximate surface area is 178 Å². The highest BCUT2D eigenvalue weighted by Gasteiger charge is 2.26. The number of carbonyl (C=O) groups excluding carboxylic acids is 2. The molecular formula is C17H14ClN3O4S3. The monoisotopic (exact) mass is 455 g/mol. The molecule has 1 aromatic carbocycles. The Bertz CT molecular complexity index is 1090. The first kappa shape index (κ1) is 20.5. The van der Waals surface area contributed by atoms with Gasteiger partial charge in [0.2, 0.25) is 0 Å². The molecule has 28 heavy (non-hydrogen) atoms. The summed E-state index contributed by atoms with van der Waals surface area (Å²) in [5, 5.41) is 7.58. The number of thiophene rings is 1. The summed E-state index contributed by atoms with van der Waals surface area (Å²) in [6.45, 7) is 1.65. The van der Waals surface area contributed by atoms with Crippen LogP contribution in [0.1, 0.15) is 25.6 Å². The van der Waals surface area contributed by atoms with E-state index in [1.807, 2.05) is 12.1 Å². The van der Waals surface area contributed by atoms with E-state index in [1.54, 1.807) is 13.0 Å². The fraction of sp³-hybridized carbons (Fsp3) is 0.176. The summed E-state index contributed by atoms with van der Waals surface area (Å²) >= 11 is 13.9. The highest BCUT2D eigenvalue weighted by atomic mass is 35.5. The van der Waals surface area contributed by atoms with Gasteiger partial charge in [-0.2, -0.15) is 0 Å². The molecule has 0 fully saturated rings. The minimum Gasteiger partial charge on any atom is -0.465 e. The Hall–Kier alpha value is -2.27. The lowest BCUT2D eigenvalue weighted by molar-refractivity contribution is 0.0601. The zero-order chi connectivity index (χ0) is 20.4. The van der Waals surface area contributed by atoms with E-state index in [0.29, 0.717) is 31.1 Å². The van der Waals surface area contributed by atoms with Crippen molar-refractivity contribution in [3.8, 4) is 0 Å². The van der Waals surface area contributed by atoms with Crippen molar-refractivity contribution in [3.05, 3.63) is 39.2 Å². The molecule has 0 amide bonds. The Balaban J connectivity index is 1.87. The second-order valence-corrected chi connectivity index (χ2v) is 8.29. The fourth-order valence-corrected chi connectivity index (χ4v) is 5.05. The lowest BCUT2D eigenvalue weighted by atomic mass is 10.1. The number of esters is 2. The molecule has 0 aliphatic carbocycles. The molecule has 0 saturated heterocycles. The number of nitrogens with zero attached hydrogens (tertiary/aromatic N) is 1. The zero-order valence-corrected chi connectivity index (χ0v) is 18.1. The summed E-state index contributed by atoms with van der Waals surface area (Å²) in [5.41, 5.74) is 1.36. The van der Waals surface area contributed by atoms with E-state index in [9.17, 15) is 9.59 Å². The van der Waals surface area contributed by atoms with Crippen molar-refractivity contribution in [1.29, 1.82) is 0 Å². The number of nitrogens with one attached hydrogen (secondary N) is 2. The first-order valence-corrected chi connectivity index (χ1v) is 10.2.